The van der Waals surface area contributed by atoms with Gasteiger partial charge in [0, 0.05) is 17.3 Å². The highest BCUT2D eigenvalue weighted by molar-refractivity contribution is 8.13. The van der Waals surface area contributed by atoms with Gasteiger partial charge in [-0.1, -0.05) is 41.6 Å². The number of hydrogen-bond donors (Lipinski definition) is 1. The van der Waals surface area contributed by atoms with E-state index in [2.05, 4.69) is 4.99 Å². The number of rotatable bonds is 7. The van der Waals surface area contributed by atoms with E-state index in [1.165, 1.54) is 17.3 Å². The molecule has 0 aliphatic rings. The number of hydrogen-bond acceptors (Lipinski definition) is 4. The lowest BCUT2D eigenvalue weighted by Crippen LogP contribution is -2.08. The Labute approximate surface area is 152 Å². The first kappa shape index (κ1) is 18.5. The van der Waals surface area contributed by atoms with Gasteiger partial charge in [0.2, 0.25) is 0 Å². The molecular weight excluding hydrogens is 344 g/mol. The average Bonchev–Trinajstić information content (AvgIpc) is 2.61. The molecule has 0 fully saturated rings. The number of aliphatic imine (C=N–C) groups is 1. The second-order valence-corrected chi connectivity index (χ2v) is 6.51. The van der Waals surface area contributed by atoms with Crippen molar-refractivity contribution in [1.29, 1.82) is 0 Å². The zero-order valence-electron chi connectivity index (χ0n) is 13.8. The summed E-state index contributed by atoms with van der Waals surface area (Å²) in [6.07, 6.45) is 0.794. The Bertz CT molecular complexity index is 690. The Hall–Kier alpha value is -1.85. The van der Waals surface area contributed by atoms with E-state index in [1.807, 2.05) is 42.5 Å². The molecule has 0 saturated heterocycles. The minimum absolute atomic E-state index is 0.588. The van der Waals surface area contributed by atoms with Crippen molar-refractivity contribution in [3.05, 3.63) is 58.6 Å². The van der Waals surface area contributed by atoms with Crippen LogP contribution in [0.5, 0.6) is 11.5 Å². The van der Waals surface area contributed by atoms with E-state index in [0.29, 0.717) is 11.7 Å². The standard InChI is InChI=1S/C18H21ClN2O2S/c1-22-16-8-5-13(11-17(16)23-2)9-10-21-18(20)24-12-14-3-6-15(19)7-4-14/h3-8,11H,9-10,12H2,1-2H3,(H2,20,21). The Kier molecular flexibility index (Phi) is 7.28. The molecule has 0 aliphatic heterocycles. The maximum absolute atomic E-state index is 5.96. The molecule has 0 aromatic heterocycles. The second-order valence-electron chi connectivity index (χ2n) is 5.07. The summed E-state index contributed by atoms with van der Waals surface area (Å²) in [6, 6.07) is 13.6. The fourth-order valence-corrected chi connectivity index (χ4v) is 2.93. The molecule has 0 amide bonds. The highest BCUT2D eigenvalue weighted by Gasteiger charge is 2.04. The van der Waals surface area contributed by atoms with E-state index < -0.39 is 0 Å². The van der Waals surface area contributed by atoms with Gasteiger partial charge in [-0.05, 0) is 41.8 Å². The molecule has 2 aromatic carbocycles. The lowest BCUT2D eigenvalue weighted by Gasteiger charge is -2.09. The summed E-state index contributed by atoms with van der Waals surface area (Å²) in [5.41, 5.74) is 8.26. The molecule has 0 spiro atoms. The Balaban J connectivity index is 1.83. The Morgan fingerprint density at radius 1 is 1.04 bits per heavy atom. The van der Waals surface area contributed by atoms with E-state index in [1.54, 1.807) is 14.2 Å². The largest absolute Gasteiger partial charge is 0.493 e. The highest BCUT2D eigenvalue weighted by Crippen LogP contribution is 2.27. The van der Waals surface area contributed by atoms with Crippen LogP contribution in [0, 0.1) is 0 Å². The second kappa shape index (κ2) is 9.45. The zero-order valence-corrected chi connectivity index (χ0v) is 15.4. The van der Waals surface area contributed by atoms with Gasteiger partial charge in [0.05, 0.1) is 14.2 Å². The molecule has 0 atom stereocenters. The summed E-state index contributed by atoms with van der Waals surface area (Å²) in [5, 5.41) is 1.32. The Morgan fingerprint density at radius 3 is 2.38 bits per heavy atom. The van der Waals surface area contributed by atoms with Crippen molar-refractivity contribution < 1.29 is 9.47 Å². The van der Waals surface area contributed by atoms with E-state index in [9.17, 15) is 0 Å². The van der Waals surface area contributed by atoms with Crippen LogP contribution >= 0.6 is 23.4 Å². The van der Waals surface area contributed by atoms with E-state index in [-0.39, 0.29) is 0 Å². The number of ether oxygens (including phenoxy) is 2. The van der Waals surface area contributed by atoms with Crippen LogP contribution in [0.3, 0.4) is 0 Å². The molecular formula is C18H21ClN2O2S. The lowest BCUT2D eigenvalue weighted by atomic mass is 10.1. The van der Waals surface area contributed by atoms with Crippen LogP contribution in [-0.4, -0.2) is 25.9 Å². The van der Waals surface area contributed by atoms with Gasteiger partial charge in [-0.25, -0.2) is 0 Å². The molecule has 0 heterocycles. The van der Waals surface area contributed by atoms with Crippen LogP contribution in [0.1, 0.15) is 11.1 Å². The average molecular weight is 365 g/mol. The van der Waals surface area contributed by atoms with Crippen molar-refractivity contribution >= 4 is 28.5 Å². The van der Waals surface area contributed by atoms with Gasteiger partial charge in [0.25, 0.3) is 0 Å². The molecule has 2 N–H and O–H groups in total. The first-order chi connectivity index (χ1) is 11.6. The van der Waals surface area contributed by atoms with Crippen molar-refractivity contribution in [2.24, 2.45) is 10.7 Å². The fraction of sp³-hybridized carbons (Fsp3) is 0.278. The zero-order chi connectivity index (χ0) is 17.4. The first-order valence-corrected chi connectivity index (χ1v) is 8.87. The monoisotopic (exact) mass is 364 g/mol. The molecule has 0 saturated carbocycles. The van der Waals surface area contributed by atoms with Crippen molar-refractivity contribution in [1.82, 2.24) is 0 Å². The molecule has 24 heavy (non-hydrogen) atoms. The summed E-state index contributed by atoms with van der Waals surface area (Å²) in [4.78, 5) is 4.41. The van der Waals surface area contributed by atoms with Crippen molar-refractivity contribution in [2.75, 3.05) is 20.8 Å². The quantitative estimate of drug-likeness (QED) is 0.592. The number of amidine groups is 1. The highest BCUT2D eigenvalue weighted by atomic mass is 35.5. The van der Waals surface area contributed by atoms with Crippen molar-refractivity contribution in [2.45, 2.75) is 12.2 Å². The SMILES string of the molecule is COc1ccc(CCN=C(N)SCc2ccc(Cl)cc2)cc1OC. The molecule has 4 nitrogen and oxygen atoms in total. The number of nitrogens with two attached hydrogens (primary N) is 1. The summed E-state index contributed by atoms with van der Waals surface area (Å²) >= 11 is 7.39. The minimum Gasteiger partial charge on any atom is -0.493 e. The van der Waals surface area contributed by atoms with Crippen molar-refractivity contribution in [3.63, 3.8) is 0 Å². The van der Waals surface area contributed by atoms with E-state index >= 15 is 0 Å². The summed E-state index contributed by atoms with van der Waals surface area (Å²) in [7, 11) is 3.26. The smallest absolute Gasteiger partial charge is 0.160 e. The van der Waals surface area contributed by atoms with Gasteiger partial charge in [-0.2, -0.15) is 0 Å². The van der Waals surface area contributed by atoms with Crippen LogP contribution in [0.4, 0.5) is 0 Å². The minimum atomic E-state index is 0.588. The topological polar surface area (TPSA) is 56.8 Å². The van der Waals surface area contributed by atoms with Gasteiger partial charge < -0.3 is 15.2 Å². The molecule has 2 rings (SSSR count). The summed E-state index contributed by atoms with van der Waals surface area (Å²) < 4.78 is 10.5. The molecule has 0 radical (unpaired) electrons. The predicted molar refractivity (Wildman–Crippen MR) is 102 cm³/mol. The third kappa shape index (κ3) is 5.65. The van der Waals surface area contributed by atoms with E-state index in [0.717, 1.165) is 34.3 Å². The maximum Gasteiger partial charge on any atom is 0.160 e. The maximum atomic E-state index is 5.96. The Morgan fingerprint density at radius 2 is 1.71 bits per heavy atom. The van der Waals surface area contributed by atoms with Crippen LogP contribution in [0.2, 0.25) is 5.02 Å². The number of benzene rings is 2. The van der Waals surface area contributed by atoms with Gasteiger partial charge in [0.15, 0.2) is 16.7 Å². The third-order valence-electron chi connectivity index (χ3n) is 3.42. The van der Waals surface area contributed by atoms with Crippen LogP contribution < -0.4 is 15.2 Å². The van der Waals surface area contributed by atoms with Crippen LogP contribution in [0.15, 0.2) is 47.5 Å². The number of halogens is 1. The number of thioether (sulfide) groups is 1. The summed E-state index contributed by atoms with van der Waals surface area (Å²) in [6.45, 7) is 0.634. The van der Waals surface area contributed by atoms with Gasteiger partial charge in [0.1, 0.15) is 0 Å². The van der Waals surface area contributed by atoms with Crippen LogP contribution in [0.25, 0.3) is 0 Å². The van der Waals surface area contributed by atoms with Gasteiger partial charge >= 0.3 is 0 Å². The predicted octanol–water partition coefficient (Wildman–Crippen LogP) is 4.15. The van der Waals surface area contributed by atoms with Gasteiger partial charge in [-0.15, -0.1) is 0 Å². The fourth-order valence-electron chi connectivity index (χ4n) is 2.11. The van der Waals surface area contributed by atoms with E-state index in [4.69, 9.17) is 26.8 Å². The lowest BCUT2D eigenvalue weighted by molar-refractivity contribution is 0.354. The summed E-state index contributed by atoms with van der Waals surface area (Å²) in [5.74, 6) is 2.23. The molecule has 0 bridgehead atoms. The van der Waals surface area contributed by atoms with Gasteiger partial charge in [-0.3, -0.25) is 4.99 Å². The molecule has 128 valence electrons. The molecule has 0 aliphatic carbocycles. The van der Waals surface area contributed by atoms with Crippen LogP contribution in [-0.2, 0) is 12.2 Å². The normalized spacial score (nSPS) is 11.4. The molecule has 2 aromatic rings. The number of methoxy groups -OCH3 is 2. The number of nitrogens with zero attached hydrogens (tertiary/aromatic N) is 1. The first-order valence-electron chi connectivity index (χ1n) is 7.50. The molecule has 0 unspecified atom stereocenters. The molecule has 6 heteroatoms. The van der Waals surface area contributed by atoms with Crippen molar-refractivity contribution in [3.8, 4) is 11.5 Å². The third-order valence-corrected chi connectivity index (χ3v) is 4.57.